The lowest BCUT2D eigenvalue weighted by atomic mass is 10.1. The molecule has 0 amide bonds. The van der Waals surface area contributed by atoms with Gasteiger partial charge in [-0.25, -0.2) is 0 Å². The van der Waals surface area contributed by atoms with Crippen LogP contribution < -0.4 is 0 Å². The predicted molar refractivity (Wildman–Crippen MR) is 86.7 cm³/mol. The summed E-state index contributed by atoms with van der Waals surface area (Å²) in [6.45, 7) is 8.29. The van der Waals surface area contributed by atoms with E-state index < -0.39 is 0 Å². The number of benzene rings is 2. The van der Waals surface area contributed by atoms with E-state index in [-0.39, 0.29) is 0 Å². The fourth-order valence-corrected chi connectivity index (χ4v) is 2.20. The molecule has 0 saturated heterocycles. The summed E-state index contributed by atoms with van der Waals surface area (Å²) in [7, 11) is 0. The van der Waals surface area contributed by atoms with Crippen molar-refractivity contribution >= 4 is 22.1 Å². The Bertz CT molecular complexity index is 784. The van der Waals surface area contributed by atoms with Crippen molar-refractivity contribution < 1.29 is 0 Å². The highest BCUT2D eigenvalue weighted by Gasteiger charge is 2.00. The third-order valence-corrected chi connectivity index (χ3v) is 3.86. The van der Waals surface area contributed by atoms with Crippen molar-refractivity contribution in [3.8, 4) is 0 Å². The van der Waals surface area contributed by atoms with E-state index in [1.165, 1.54) is 22.3 Å². The van der Waals surface area contributed by atoms with E-state index in [1.54, 1.807) is 0 Å². The van der Waals surface area contributed by atoms with E-state index in [1.807, 2.05) is 24.3 Å². The summed E-state index contributed by atoms with van der Waals surface area (Å²) < 4.78 is 0. The summed E-state index contributed by atoms with van der Waals surface area (Å²) in [5.41, 5.74) is 8.78. The number of hydrogen-bond acceptors (Lipinski definition) is 4. The SMILES string of the molecule is Cc1cc2n[nH]nc2cc1C.Cc1cc2n[nH]nc2cc1C. The molecule has 0 aliphatic carbocycles. The minimum absolute atomic E-state index is 0.938. The molecule has 4 rings (SSSR count). The zero-order valence-electron chi connectivity index (χ0n) is 13.1. The smallest absolute Gasteiger partial charge is 0.113 e. The molecular weight excluding hydrogens is 276 g/mol. The van der Waals surface area contributed by atoms with Gasteiger partial charge in [0.2, 0.25) is 0 Å². The number of rotatable bonds is 0. The van der Waals surface area contributed by atoms with Gasteiger partial charge < -0.3 is 0 Å². The van der Waals surface area contributed by atoms with E-state index >= 15 is 0 Å². The Morgan fingerprint density at radius 2 is 0.727 bits per heavy atom. The summed E-state index contributed by atoms with van der Waals surface area (Å²) in [5.74, 6) is 0. The largest absolute Gasteiger partial charge is 0.197 e. The third kappa shape index (κ3) is 2.67. The van der Waals surface area contributed by atoms with Crippen molar-refractivity contribution in [1.82, 2.24) is 30.8 Å². The van der Waals surface area contributed by atoms with Gasteiger partial charge in [-0.3, -0.25) is 0 Å². The molecule has 0 bridgehead atoms. The average molecular weight is 294 g/mol. The minimum Gasteiger partial charge on any atom is -0.197 e. The standard InChI is InChI=1S/2C8H9N3/c2*1-5-3-7-8(4-6(5)2)10-11-9-7/h2*3-4H,1-2H3,(H,9,10,11). The fourth-order valence-electron chi connectivity index (χ4n) is 2.20. The maximum Gasteiger partial charge on any atom is 0.113 e. The molecule has 2 aromatic heterocycles. The van der Waals surface area contributed by atoms with Crippen molar-refractivity contribution in [2.45, 2.75) is 27.7 Å². The molecule has 0 radical (unpaired) electrons. The quantitative estimate of drug-likeness (QED) is 0.522. The lowest BCUT2D eigenvalue weighted by Gasteiger charge is -1.95. The predicted octanol–water partition coefficient (Wildman–Crippen LogP) is 3.15. The molecule has 0 atom stereocenters. The highest BCUT2D eigenvalue weighted by atomic mass is 15.3. The summed E-state index contributed by atoms with van der Waals surface area (Å²) >= 11 is 0. The first-order chi connectivity index (χ1) is 10.5. The molecule has 112 valence electrons. The van der Waals surface area contributed by atoms with Gasteiger partial charge in [0, 0.05) is 0 Å². The molecule has 0 unspecified atom stereocenters. The zero-order valence-corrected chi connectivity index (χ0v) is 13.1. The highest BCUT2D eigenvalue weighted by molar-refractivity contribution is 5.76. The van der Waals surface area contributed by atoms with Gasteiger partial charge in [0.1, 0.15) is 22.1 Å². The van der Waals surface area contributed by atoms with E-state index in [0.29, 0.717) is 0 Å². The fraction of sp³-hybridized carbons (Fsp3) is 0.250. The Morgan fingerprint density at radius 1 is 0.500 bits per heavy atom. The van der Waals surface area contributed by atoms with Crippen LogP contribution in [0.4, 0.5) is 0 Å². The van der Waals surface area contributed by atoms with Crippen molar-refractivity contribution in [2.24, 2.45) is 0 Å². The highest BCUT2D eigenvalue weighted by Crippen LogP contribution is 2.14. The Morgan fingerprint density at radius 3 is 0.955 bits per heavy atom. The third-order valence-electron chi connectivity index (χ3n) is 3.86. The van der Waals surface area contributed by atoms with Gasteiger partial charge >= 0.3 is 0 Å². The van der Waals surface area contributed by atoms with Crippen LogP contribution in [0.25, 0.3) is 22.1 Å². The second-order valence-electron chi connectivity index (χ2n) is 5.50. The Kier molecular flexibility index (Phi) is 3.58. The number of H-pyrrole nitrogens is 2. The van der Waals surface area contributed by atoms with Crippen LogP contribution in [0.5, 0.6) is 0 Å². The molecule has 0 saturated carbocycles. The van der Waals surface area contributed by atoms with Crippen LogP contribution in [-0.2, 0) is 0 Å². The second-order valence-corrected chi connectivity index (χ2v) is 5.50. The van der Waals surface area contributed by atoms with Crippen LogP contribution in [0.3, 0.4) is 0 Å². The van der Waals surface area contributed by atoms with E-state index in [2.05, 4.69) is 58.5 Å². The van der Waals surface area contributed by atoms with Gasteiger partial charge in [-0.05, 0) is 74.2 Å². The number of aromatic nitrogens is 6. The van der Waals surface area contributed by atoms with Gasteiger partial charge in [0.25, 0.3) is 0 Å². The van der Waals surface area contributed by atoms with Crippen molar-refractivity contribution in [1.29, 1.82) is 0 Å². The Hall–Kier alpha value is -2.76. The molecule has 0 fully saturated rings. The number of hydrogen-bond donors (Lipinski definition) is 2. The average Bonchev–Trinajstić information content (AvgIpc) is 3.09. The molecule has 6 nitrogen and oxygen atoms in total. The van der Waals surface area contributed by atoms with Crippen LogP contribution in [0.15, 0.2) is 24.3 Å². The number of nitrogens with zero attached hydrogens (tertiary/aromatic N) is 4. The molecule has 0 aliphatic rings. The molecule has 2 N–H and O–H groups in total. The number of nitrogens with one attached hydrogen (secondary N) is 2. The Labute approximate surface area is 127 Å². The van der Waals surface area contributed by atoms with Gasteiger partial charge in [0.15, 0.2) is 0 Å². The van der Waals surface area contributed by atoms with Crippen LogP contribution in [0, 0.1) is 27.7 Å². The van der Waals surface area contributed by atoms with Crippen molar-refractivity contribution in [2.75, 3.05) is 0 Å². The van der Waals surface area contributed by atoms with Crippen LogP contribution in [-0.4, -0.2) is 30.8 Å². The lowest BCUT2D eigenvalue weighted by molar-refractivity contribution is 0.959. The van der Waals surface area contributed by atoms with Gasteiger partial charge in [-0.1, -0.05) is 0 Å². The molecule has 4 aromatic rings. The molecular formula is C16H18N6. The van der Waals surface area contributed by atoms with Crippen molar-refractivity contribution in [3.05, 3.63) is 46.5 Å². The molecule has 2 aromatic carbocycles. The molecule has 22 heavy (non-hydrogen) atoms. The summed E-state index contributed by atoms with van der Waals surface area (Å²) in [5, 5.41) is 21.1. The molecule has 0 aliphatic heterocycles. The summed E-state index contributed by atoms with van der Waals surface area (Å²) in [4.78, 5) is 0. The molecule has 2 heterocycles. The van der Waals surface area contributed by atoms with E-state index in [9.17, 15) is 0 Å². The normalized spacial score (nSPS) is 10.7. The zero-order chi connectivity index (χ0) is 15.7. The van der Waals surface area contributed by atoms with Crippen LogP contribution in [0.1, 0.15) is 22.3 Å². The minimum atomic E-state index is 0.938. The molecule has 6 heteroatoms. The number of fused-ring (bicyclic) bond motifs is 2. The maximum atomic E-state index is 3.98. The first kappa shape index (κ1) is 14.2. The molecule has 0 spiro atoms. The van der Waals surface area contributed by atoms with Gasteiger partial charge in [-0.2, -0.15) is 30.8 Å². The maximum absolute atomic E-state index is 3.98. The summed E-state index contributed by atoms with van der Waals surface area (Å²) in [6, 6.07) is 8.14. The topological polar surface area (TPSA) is 83.1 Å². The van der Waals surface area contributed by atoms with E-state index in [4.69, 9.17) is 0 Å². The number of aryl methyl sites for hydroxylation is 4. The first-order valence-electron chi connectivity index (χ1n) is 7.10. The second kappa shape index (κ2) is 5.55. The van der Waals surface area contributed by atoms with Crippen molar-refractivity contribution in [3.63, 3.8) is 0 Å². The lowest BCUT2D eigenvalue weighted by Crippen LogP contribution is -1.79. The monoisotopic (exact) mass is 294 g/mol. The van der Waals surface area contributed by atoms with Crippen LogP contribution in [0.2, 0.25) is 0 Å². The van der Waals surface area contributed by atoms with E-state index in [0.717, 1.165) is 22.1 Å². The summed E-state index contributed by atoms with van der Waals surface area (Å²) in [6.07, 6.45) is 0. The Balaban J connectivity index is 0.000000131. The first-order valence-corrected chi connectivity index (χ1v) is 7.10. The van der Waals surface area contributed by atoms with Gasteiger partial charge in [-0.15, -0.1) is 0 Å². The van der Waals surface area contributed by atoms with Gasteiger partial charge in [0.05, 0.1) is 0 Å². The number of aromatic amines is 2. The van der Waals surface area contributed by atoms with Crippen LogP contribution >= 0.6 is 0 Å².